The largest absolute Gasteiger partial charge is 0.503 e. The second-order valence-electron chi connectivity index (χ2n) is 6.66. The maximum absolute atomic E-state index is 13.9. The quantitative estimate of drug-likeness (QED) is 0.441. The van der Waals surface area contributed by atoms with Gasteiger partial charge in [0.15, 0.2) is 16.7 Å². The number of aliphatic hydroxyl groups excluding tert-OH is 1. The number of aliphatic hydroxyl groups is 1. The van der Waals surface area contributed by atoms with Gasteiger partial charge < -0.3 is 9.52 Å². The number of hydrogen-bond donors (Lipinski definition) is 1. The first kappa shape index (κ1) is 19.4. The van der Waals surface area contributed by atoms with E-state index in [9.17, 15) is 19.1 Å². The van der Waals surface area contributed by atoms with Crippen LogP contribution in [0.4, 0.5) is 9.52 Å². The van der Waals surface area contributed by atoms with Gasteiger partial charge in [-0.2, -0.15) is 0 Å². The lowest BCUT2D eigenvalue weighted by atomic mass is 9.96. The number of rotatable bonds is 4. The number of carbonyl (C=O) groups excluding carboxylic acids is 2. The van der Waals surface area contributed by atoms with E-state index in [-0.39, 0.29) is 21.5 Å². The number of benzene rings is 1. The number of aromatic nitrogens is 2. The summed E-state index contributed by atoms with van der Waals surface area (Å²) in [7, 11) is 0. The number of furan rings is 1. The molecule has 4 heterocycles. The van der Waals surface area contributed by atoms with Gasteiger partial charge in [-0.25, -0.2) is 9.37 Å². The third kappa shape index (κ3) is 3.09. The molecule has 0 spiro atoms. The van der Waals surface area contributed by atoms with E-state index in [1.807, 2.05) is 0 Å². The molecule has 1 N–H and O–H groups in total. The Labute approximate surface area is 183 Å². The maximum Gasteiger partial charge on any atom is 0.296 e. The van der Waals surface area contributed by atoms with Crippen LogP contribution in [0.1, 0.15) is 22.2 Å². The SMILES string of the molecule is O=C(C1=C(O)C(=O)N(c2nc3cc(Cl)c(F)cc3s2)C1c1ccncc1)c1ccco1. The van der Waals surface area contributed by atoms with Gasteiger partial charge in [0.2, 0.25) is 5.78 Å². The molecule has 1 aliphatic rings. The monoisotopic (exact) mass is 455 g/mol. The highest BCUT2D eigenvalue weighted by atomic mass is 35.5. The van der Waals surface area contributed by atoms with E-state index in [0.717, 1.165) is 11.3 Å². The highest BCUT2D eigenvalue weighted by Gasteiger charge is 2.46. The zero-order valence-electron chi connectivity index (χ0n) is 15.5. The fraction of sp³-hybridized carbons (Fsp3) is 0.0476. The second-order valence-corrected chi connectivity index (χ2v) is 8.07. The molecular formula is C21H11ClFN3O4S. The molecule has 4 aromatic rings. The van der Waals surface area contributed by atoms with E-state index in [4.69, 9.17) is 16.0 Å². The molecule has 1 atom stereocenters. The van der Waals surface area contributed by atoms with Crippen LogP contribution in [0.2, 0.25) is 5.02 Å². The average molecular weight is 456 g/mol. The molecule has 1 amide bonds. The van der Waals surface area contributed by atoms with Gasteiger partial charge in [-0.05, 0) is 42.0 Å². The summed E-state index contributed by atoms with van der Waals surface area (Å²) < 4.78 is 19.5. The predicted molar refractivity (Wildman–Crippen MR) is 112 cm³/mol. The van der Waals surface area contributed by atoms with Crippen molar-refractivity contribution in [1.29, 1.82) is 0 Å². The van der Waals surface area contributed by atoms with Gasteiger partial charge in [-0.15, -0.1) is 0 Å². The number of thiazole rings is 1. The van der Waals surface area contributed by atoms with Gasteiger partial charge in [-0.3, -0.25) is 19.5 Å². The first-order valence-corrected chi connectivity index (χ1v) is 10.2. The Bertz CT molecular complexity index is 1330. The van der Waals surface area contributed by atoms with Crippen LogP contribution in [0.5, 0.6) is 0 Å². The lowest BCUT2D eigenvalue weighted by molar-refractivity contribution is -0.117. The van der Waals surface area contributed by atoms with Crippen LogP contribution in [0.25, 0.3) is 10.2 Å². The summed E-state index contributed by atoms with van der Waals surface area (Å²) in [6.45, 7) is 0. The Hall–Kier alpha value is -3.56. The molecule has 31 heavy (non-hydrogen) atoms. The van der Waals surface area contributed by atoms with Gasteiger partial charge >= 0.3 is 0 Å². The molecule has 10 heteroatoms. The molecule has 0 aliphatic carbocycles. The minimum absolute atomic E-state index is 0.0200. The summed E-state index contributed by atoms with van der Waals surface area (Å²) in [6.07, 6.45) is 4.35. The minimum Gasteiger partial charge on any atom is -0.503 e. The van der Waals surface area contributed by atoms with Crippen molar-refractivity contribution in [2.75, 3.05) is 4.90 Å². The van der Waals surface area contributed by atoms with Crippen LogP contribution in [-0.2, 0) is 4.79 Å². The number of Topliss-reactive ketones (excluding diaryl/α,β-unsaturated/α-hetero) is 1. The number of hydrogen-bond acceptors (Lipinski definition) is 7. The van der Waals surface area contributed by atoms with Crippen molar-refractivity contribution in [3.8, 4) is 0 Å². The third-order valence-corrected chi connectivity index (χ3v) is 6.15. The van der Waals surface area contributed by atoms with Crippen molar-refractivity contribution in [2.24, 2.45) is 0 Å². The number of carbonyl (C=O) groups is 2. The van der Waals surface area contributed by atoms with Crippen molar-refractivity contribution in [2.45, 2.75) is 6.04 Å². The maximum atomic E-state index is 13.9. The molecule has 0 bridgehead atoms. The number of pyridine rings is 1. The Morgan fingerprint density at radius 3 is 2.74 bits per heavy atom. The molecular weight excluding hydrogens is 445 g/mol. The van der Waals surface area contributed by atoms with E-state index in [2.05, 4.69) is 9.97 Å². The number of ketones is 1. The Morgan fingerprint density at radius 1 is 1.26 bits per heavy atom. The van der Waals surface area contributed by atoms with Gasteiger partial charge in [0, 0.05) is 12.4 Å². The van der Waals surface area contributed by atoms with Crippen molar-refractivity contribution in [1.82, 2.24) is 9.97 Å². The van der Waals surface area contributed by atoms with Gasteiger partial charge in [-0.1, -0.05) is 22.9 Å². The number of halogens is 2. The molecule has 1 unspecified atom stereocenters. The number of fused-ring (bicyclic) bond motifs is 1. The summed E-state index contributed by atoms with van der Waals surface area (Å²) in [4.78, 5) is 35.7. The Balaban J connectivity index is 1.68. The van der Waals surface area contributed by atoms with Crippen LogP contribution < -0.4 is 4.90 Å². The minimum atomic E-state index is -0.978. The second kappa shape index (κ2) is 7.29. The van der Waals surface area contributed by atoms with Crippen molar-refractivity contribution in [3.63, 3.8) is 0 Å². The van der Waals surface area contributed by atoms with E-state index in [1.165, 1.54) is 47.8 Å². The molecule has 7 nitrogen and oxygen atoms in total. The molecule has 0 radical (unpaired) electrons. The zero-order valence-corrected chi connectivity index (χ0v) is 17.0. The van der Waals surface area contributed by atoms with Crippen LogP contribution in [-0.4, -0.2) is 26.8 Å². The van der Waals surface area contributed by atoms with Gasteiger partial charge in [0.25, 0.3) is 5.91 Å². The number of amides is 1. The average Bonchev–Trinajstić information content (AvgIpc) is 3.48. The fourth-order valence-corrected chi connectivity index (χ4v) is 4.61. The van der Waals surface area contributed by atoms with Crippen molar-refractivity contribution in [3.05, 3.63) is 88.6 Å². The normalized spacial score (nSPS) is 16.5. The van der Waals surface area contributed by atoms with Crippen LogP contribution in [0, 0.1) is 5.82 Å². The molecule has 1 aromatic carbocycles. The predicted octanol–water partition coefficient (Wildman–Crippen LogP) is 4.86. The standard InChI is InChI=1S/C21H11ClFN3O4S/c22-11-8-13-15(9-12(11)23)31-21(25-13)26-17(10-3-5-24-6-4-10)16(19(28)20(26)29)18(27)14-2-1-7-30-14/h1-9,17,28H. The Morgan fingerprint density at radius 2 is 2.03 bits per heavy atom. The van der Waals surface area contributed by atoms with Crippen molar-refractivity contribution >= 4 is 50.0 Å². The van der Waals surface area contributed by atoms with Crippen LogP contribution in [0.3, 0.4) is 0 Å². The fourth-order valence-electron chi connectivity index (χ4n) is 3.45. The summed E-state index contributed by atoms with van der Waals surface area (Å²) >= 11 is 6.89. The van der Waals surface area contributed by atoms with E-state index < -0.39 is 29.3 Å². The number of nitrogens with zero attached hydrogens (tertiary/aromatic N) is 3. The van der Waals surface area contributed by atoms with E-state index >= 15 is 0 Å². The van der Waals surface area contributed by atoms with Crippen molar-refractivity contribution < 1.29 is 23.5 Å². The summed E-state index contributed by atoms with van der Waals surface area (Å²) in [5.41, 5.74) is 0.776. The molecule has 0 saturated carbocycles. The third-order valence-electron chi connectivity index (χ3n) is 4.84. The Kier molecular flexibility index (Phi) is 4.57. The molecule has 0 saturated heterocycles. The van der Waals surface area contributed by atoms with Crippen LogP contribution >= 0.6 is 22.9 Å². The van der Waals surface area contributed by atoms with Gasteiger partial charge in [0.05, 0.1) is 33.1 Å². The molecule has 3 aromatic heterocycles. The van der Waals surface area contributed by atoms with Gasteiger partial charge in [0.1, 0.15) is 5.82 Å². The smallest absolute Gasteiger partial charge is 0.296 e. The zero-order chi connectivity index (χ0) is 21.7. The number of anilines is 1. The van der Waals surface area contributed by atoms with Crippen LogP contribution in [0.15, 0.2) is 70.8 Å². The summed E-state index contributed by atoms with van der Waals surface area (Å²) in [5, 5.41) is 10.7. The summed E-state index contributed by atoms with van der Waals surface area (Å²) in [5.74, 6) is -2.77. The van der Waals surface area contributed by atoms with E-state index in [0.29, 0.717) is 15.8 Å². The lowest BCUT2D eigenvalue weighted by Crippen LogP contribution is -2.30. The summed E-state index contributed by atoms with van der Waals surface area (Å²) in [6, 6.07) is 7.84. The molecule has 1 aliphatic heterocycles. The highest BCUT2D eigenvalue weighted by Crippen LogP contribution is 2.44. The first-order valence-electron chi connectivity index (χ1n) is 8.96. The topological polar surface area (TPSA) is 96.5 Å². The highest BCUT2D eigenvalue weighted by molar-refractivity contribution is 7.22. The molecule has 5 rings (SSSR count). The first-order chi connectivity index (χ1) is 15.0. The molecule has 154 valence electrons. The van der Waals surface area contributed by atoms with E-state index in [1.54, 1.807) is 12.1 Å². The lowest BCUT2D eigenvalue weighted by Gasteiger charge is -2.24. The molecule has 0 fully saturated rings.